The zero-order valence-electron chi connectivity index (χ0n) is 17.7. The normalized spacial score (nSPS) is 21.7. The number of fused-ring (bicyclic) bond motifs is 1. The van der Waals surface area contributed by atoms with Gasteiger partial charge in [-0.05, 0) is 45.4 Å². The lowest BCUT2D eigenvalue weighted by molar-refractivity contribution is -0.137. The van der Waals surface area contributed by atoms with Crippen LogP contribution in [0.15, 0.2) is 34.5 Å². The number of nitrogens with two attached hydrogens (primary N) is 1. The SMILES string of the molecule is CC(C)(C)OC(=O)N1CCC(=Nc2ccc(C(F)(F)F)cc2O)C2=C(N)CCNCC21. The molecule has 0 saturated carbocycles. The van der Waals surface area contributed by atoms with Gasteiger partial charge in [0.2, 0.25) is 0 Å². The summed E-state index contributed by atoms with van der Waals surface area (Å²) in [6.45, 7) is 6.71. The molecule has 1 aromatic rings. The number of aromatic hydroxyl groups is 1. The molecule has 0 bridgehead atoms. The van der Waals surface area contributed by atoms with Crippen LogP contribution >= 0.6 is 0 Å². The van der Waals surface area contributed by atoms with Gasteiger partial charge >= 0.3 is 12.3 Å². The van der Waals surface area contributed by atoms with Crippen molar-refractivity contribution in [3.8, 4) is 5.75 Å². The second kappa shape index (κ2) is 8.41. The number of halogens is 3. The van der Waals surface area contributed by atoms with Crippen LogP contribution in [0.2, 0.25) is 0 Å². The van der Waals surface area contributed by atoms with Crippen LogP contribution in [0.3, 0.4) is 0 Å². The lowest BCUT2D eigenvalue weighted by Gasteiger charge is -2.39. The lowest BCUT2D eigenvalue weighted by atomic mass is 9.91. The predicted octanol–water partition coefficient (Wildman–Crippen LogP) is 3.70. The lowest BCUT2D eigenvalue weighted by Crippen LogP contribution is -2.53. The first-order valence-electron chi connectivity index (χ1n) is 10.0. The van der Waals surface area contributed by atoms with Crippen molar-refractivity contribution in [1.29, 1.82) is 0 Å². The third kappa shape index (κ3) is 5.30. The topological polar surface area (TPSA) is 100 Å². The molecular formula is C21H27F3N4O3. The highest BCUT2D eigenvalue weighted by Crippen LogP contribution is 2.37. The fourth-order valence-electron chi connectivity index (χ4n) is 3.67. The zero-order chi connectivity index (χ0) is 23.0. The number of rotatable bonds is 1. The van der Waals surface area contributed by atoms with E-state index in [1.807, 2.05) is 0 Å². The molecule has 0 spiro atoms. The molecule has 1 saturated heterocycles. The largest absolute Gasteiger partial charge is 0.506 e. The highest BCUT2D eigenvalue weighted by atomic mass is 19.4. The van der Waals surface area contributed by atoms with Gasteiger partial charge in [-0.1, -0.05) is 0 Å². The Morgan fingerprint density at radius 1 is 1.29 bits per heavy atom. The summed E-state index contributed by atoms with van der Waals surface area (Å²) in [6.07, 6.45) is -4.17. The molecule has 0 aromatic heterocycles. The number of carbonyl (C=O) groups excluding carboxylic acids is 1. The molecule has 1 unspecified atom stereocenters. The summed E-state index contributed by atoms with van der Waals surface area (Å²) >= 11 is 0. The van der Waals surface area contributed by atoms with Gasteiger partial charge in [-0.3, -0.25) is 4.90 Å². The Hall–Kier alpha value is -2.75. The standard InChI is InChI=1S/C21H27F3N4O3/c1-20(2,3)31-19(30)28-9-7-15(18-13(25)6-8-26-11-16(18)28)27-14-5-4-12(10-17(14)29)21(22,23)24/h4-5,10,16,26,29H,6-9,11,25H2,1-3H3. The molecule has 1 atom stereocenters. The maximum absolute atomic E-state index is 12.9. The smallest absolute Gasteiger partial charge is 0.416 e. The number of nitrogens with zero attached hydrogens (tertiary/aromatic N) is 2. The summed E-state index contributed by atoms with van der Waals surface area (Å²) < 4.78 is 44.2. The number of hydrogen-bond acceptors (Lipinski definition) is 6. The van der Waals surface area contributed by atoms with Crippen LogP contribution in [0.4, 0.5) is 23.7 Å². The van der Waals surface area contributed by atoms with Gasteiger partial charge in [-0.2, -0.15) is 13.2 Å². The van der Waals surface area contributed by atoms with Crippen LogP contribution in [-0.4, -0.2) is 53.1 Å². The maximum Gasteiger partial charge on any atom is 0.416 e. The monoisotopic (exact) mass is 440 g/mol. The number of nitrogens with one attached hydrogen (secondary N) is 1. The summed E-state index contributed by atoms with van der Waals surface area (Å²) in [7, 11) is 0. The van der Waals surface area contributed by atoms with E-state index in [-0.39, 0.29) is 5.69 Å². The molecule has 7 nitrogen and oxygen atoms in total. The van der Waals surface area contributed by atoms with Crippen molar-refractivity contribution in [2.45, 2.75) is 51.4 Å². The first kappa shape index (κ1) is 22.9. The fraction of sp³-hybridized carbons (Fsp3) is 0.524. The van der Waals surface area contributed by atoms with E-state index in [1.54, 1.807) is 25.7 Å². The Balaban J connectivity index is 1.97. The van der Waals surface area contributed by atoms with Gasteiger partial charge in [0.25, 0.3) is 0 Å². The number of alkyl halides is 3. The average molecular weight is 440 g/mol. The van der Waals surface area contributed by atoms with E-state index in [4.69, 9.17) is 10.5 Å². The first-order chi connectivity index (χ1) is 14.4. The predicted molar refractivity (Wildman–Crippen MR) is 110 cm³/mol. The molecule has 4 N–H and O–H groups in total. The van der Waals surface area contributed by atoms with Gasteiger partial charge in [0, 0.05) is 37.3 Å². The van der Waals surface area contributed by atoms with Crippen molar-refractivity contribution in [2.24, 2.45) is 10.7 Å². The minimum atomic E-state index is -4.56. The molecule has 1 amide bonds. The molecule has 31 heavy (non-hydrogen) atoms. The van der Waals surface area contributed by atoms with E-state index < -0.39 is 35.2 Å². The number of hydrogen-bond donors (Lipinski definition) is 3. The molecule has 2 heterocycles. The van der Waals surface area contributed by atoms with Gasteiger partial charge < -0.3 is 20.9 Å². The molecule has 2 aliphatic heterocycles. The molecule has 1 aromatic carbocycles. The van der Waals surface area contributed by atoms with Crippen molar-refractivity contribution in [1.82, 2.24) is 10.2 Å². The average Bonchev–Trinajstić information content (AvgIpc) is 2.83. The van der Waals surface area contributed by atoms with Crippen LogP contribution in [0, 0.1) is 0 Å². The van der Waals surface area contributed by atoms with Gasteiger partial charge in [-0.25, -0.2) is 9.79 Å². The van der Waals surface area contributed by atoms with Crippen LogP contribution < -0.4 is 11.1 Å². The minimum Gasteiger partial charge on any atom is -0.506 e. The number of likely N-dealkylation sites (tertiary alicyclic amines) is 1. The zero-order valence-corrected chi connectivity index (χ0v) is 17.7. The van der Waals surface area contributed by atoms with E-state index in [2.05, 4.69) is 10.3 Å². The highest BCUT2D eigenvalue weighted by Gasteiger charge is 2.38. The van der Waals surface area contributed by atoms with Crippen LogP contribution in [0.1, 0.15) is 39.2 Å². The van der Waals surface area contributed by atoms with Gasteiger partial charge in [0.05, 0.1) is 17.3 Å². The van der Waals surface area contributed by atoms with Crippen molar-refractivity contribution in [2.75, 3.05) is 19.6 Å². The third-order valence-corrected chi connectivity index (χ3v) is 5.05. The number of ether oxygens (including phenoxy) is 1. The second-order valence-corrected chi connectivity index (χ2v) is 8.59. The van der Waals surface area contributed by atoms with Gasteiger partial charge in [0.15, 0.2) is 0 Å². The van der Waals surface area contributed by atoms with Crippen molar-refractivity contribution in [3.05, 3.63) is 35.0 Å². The van der Waals surface area contributed by atoms with Crippen LogP contribution in [0.5, 0.6) is 5.75 Å². The number of piperidine rings is 1. The molecule has 2 aliphatic rings. The number of benzene rings is 1. The summed E-state index contributed by atoms with van der Waals surface area (Å²) in [5.74, 6) is -0.570. The van der Waals surface area contributed by atoms with E-state index in [1.165, 1.54) is 0 Å². The molecule has 0 radical (unpaired) electrons. The fourth-order valence-corrected chi connectivity index (χ4v) is 3.67. The number of phenolic OH excluding ortho intramolecular Hbond substituents is 1. The summed E-state index contributed by atoms with van der Waals surface area (Å²) in [6, 6.07) is 2.23. The van der Waals surface area contributed by atoms with Gasteiger partial charge in [-0.15, -0.1) is 0 Å². The minimum absolute atomic E-state index is 0.0185. The highest BCUT2D eigenvalue weighted by molar-refractivity contribution is 6.05. The maximum atomic E-state index is 12.9. The quantitative estimate of drug-likeness (QED) is 0.618. The van der Waals surface area contributed by atoms with E-state index in [9.17, 15) is 23.1 Å². The molecule has 3 rings (SSSR count). The van der Waals surface area contributed by atoms with Crippen molar-refractivity contribution < 1.29 is 27.8 Å². The Kier molecular flexibility index (Phi) is 6.22. The van der Waals surface area contributed by atoms with Crippen molar-refractivity contribution >= 4 is 17.5 Å². The molecule has 1 fully saturated rings. The Morgan fingerprint density at radius 2 is 2.00 bits per heavy atom. The van der Waals surface area contributed by atoms with E-state index in [0.29, 0.717) is 55.5 Å². The molecule has 10 heteroatoms. The second-order valence-electron chi connectivity index (χ2n) is 8.59. The molecule has 0 aliphatic carbocycles. The van der Waals surface area contributed by atoms with Crippen molar-refractivity contribution in [3.63, 3.8) is 0 Å². The Morgan fingerprint density at radius 3 is 2.61 bits per heavy atom. The van der Waals surface area contributed by atoms with Gasteiger partial charge in [0.1, 0.15) is 17.0 Å². The first-order valence-corrected chi connectivity index (χ1v) is 10.0. The summed E-state index contributed by atoms with van der Waals surface area (Å²) in [5.41, 5.74) is 6.46. The molecular weight excluding hydrogens is 413 g/mol. The Bertz CT molecular complexity index is 919. The number of phenols is 1. The van der Waals surface area contributed by atoms with E-state index in [0.717, 1.165) is 12.1 Å². The summed E-state index contributed by atoms with van der Waals surface area (Å²) in [5, 5.41) is 13.4. The number of carbonyl (C=O) groups is 1. The molecule has 170 valence electrons. The number of amides is 1. The van der Waals surface area contributed by atoms with E-state index >= 15 is 0 Å². The number of aliphatic imine (C=N–C) groups is 1. The third-order valence-electron chi connectivity index (χ3n) is 5.05. The van der Waals surface area contributed by atoms with Crippen LogP contribution in [0.25, 0.3) is 0 Å². The van der Waals surface area contributed by atoms with Crippen LogP contribution in [-0.2, 0) is 10.9 Å². The summed E-state index contributed by atoms with van der Waals surface area (Å²) in [4.78, 5) is 18.8. The Labute approximate surface area is 178 Å².